The van der Waals surface area contributed by atoms with Gasteiger partial charge in [0, 0.05) is 6.26 Å². The van der Waals surface area contributed by atoms with Crippen molar-refractivity contribution < 1.29 is 18.3 Å². The normalized spacial score (nSPS) is 27.1. The van der Waals surface area contributed by atoms with Crippen molar-refractivity contribution in [2.24, 2.45) is 17.8 Å². The standard InChI is InChI=1S/C13H24O4S/c1-9(2)7-12(13(14)15)10-5-4-6-11(8-10)18(3,16)17/h9-12H,4-8H2,1-3H3,(H,14,15). The molecule has 0 aromatic rings. The van der Waals surface area contributed by atoms with Crippen molar-refractivity contribution in [1.82, 2.24) is 0 Å². The Hall–Kier alpha value is -0.580. The van der Waals surface area contributed by atoms with Crippen molar-refractivity contribution in [2.75, 3.05) is 6.26 Å². The second-order valence-corrected chi connectivity index (χ2v) is 8.28. The summed E-state index contributed by atoms with van der Waals surface area (Å²) in [5.41, 5.74) is 0. The van der Waals surface area contributed by atoms with Crippen LogP contribution in [0.25, 0.3) is 0 Å². The minimum atomic E-state index is -3.04. The summed E-state index contributed by atoms with van der Waals surface area (Å²) in [7, 11) is -3.04. The highest BCUT2D eigenvalue weighted by molar-refractivity contribution is 7.91. The summed E-state index contributed by atoms with van der Waals surface area (Å²) in [5.74, 6) is -0.833. The topological polar surface area (TPSA) is 71.4 Å². The van der Waals surface area contributed by atoms with Crippen LogP contribution in [0.3, 0.4) is 0 Å². The molecule has 3 unspecified atom stereocenters. The highest BCUT2D eigenvalue weighted by Crippen LogP contribution is 2.36. The molecule has 5 heteroatoms. The van der Waals surface area contributed by atoms with Gasteiger partial charge in [0.05, 0.1) is 11.2 Å². The molecule has 18 heavy (non-hydrogen) atoms. The van der Waals surface area contributed by atoms with Crippen LogP contribution in [0.4, 0.5) is 0 Å². The predicted octanol–water partition coefficient (Wildman–Crippen LogP) is 2.34. The third-order valence-electron chi connectivity index (χ3n) is 3.88. The number of rotatable bonds is 5. The molecule has 0 aromatic carbocycles. The van der Waals surface area contributed by atoms with Crippen LogP contribution in [0.15, 0.2) is 0 Å². The Kier molecular flexibility index (Phi) is 5.20. The molecule has 1 aliphatic rings. The second kappa shape index (κ2) is 6.04. The number of carboxylic acid groups (broad SMARTS) is 1. The first-order valence-corrected chi connectivity index (χ1v) is 8.59. The van der Waals surface area contributed by atoms with Gasteiger partial charge in [0.15, 0.2) is 0 Å². The van der Waals surface area contributed by atoms with Gasteiger partial charge in [-0.1, -0.05) is 20.3 Å². The molecule has 1 saturated carbocycles. The van der Waals surface area contributed by atoms with Gasteiger partial charge in [0.1, 0.15) is 9.84 Å². The number of aliphatic carboxylic acids is 1. The van der Waals surface area contributed by atoms with Gasteiger partial charge in [0.25, 0.3) is 0 Å². The Morgan fingerprint density at radius 3 is 2.39 bits per heavy atom. The van der Waals surface area contributed by atoms with E-state index in [0.717, 1.165) is 12.8 Å². The highest BCUT2D eigenvalue weighted by Gasteiger charge is 2.36. The largest absolute Gasteiger partial charge is 0.481 e. The molecule has 3 atom stereocenters. The van der Waals surface area contributed by atoms with E-state index in [0.29, 0.717) is 25.2 Å². The third-order valence-corrected chi connectivity index (χ3v) is 5.52. The zero-order valence-corrected chi connectivity index (χ0v) is 12.2. The summed E-state index contributed by atoms with van der Waals surface area (Å²) in [4.78, 5) is 11.3. The molecule has 106 valence electrons. The zero-order chi connectivity index (χ0) is 13.9. The average Bonchev–Trinajstić information content (AvgIpc) is 2.24. The zero-order valence-electron chi connectivity index (χ0n) is 11.4. The van der Waals surface area contributed by atoms with Crippen LogP contribution in [-0.2, 0) is 14.6 Å². The molecule has 0 spiro atoms. The SMILES string of the molecule is CC(C)CC(C(=O)O)C1CCCC(S(C)(=O)=O)C1. The lowest BCUT2D eigenvalue weighted by Crippen LogP contribution is -2.34. The summed E-state index contributed by atoms with van der Waals surface area (Å²) < 4.78 is 23.2. The Labute approximate surface area is 110 Å². The number of hydrogen-bond donors (Lipinski definition) is 1. The monoisotopic (exact) mass is 276 g/mol. The van der Waals surface area contributed by atoms with Gasteiger partial charge >= 0.3 is 5.97 Å². The van der Waals surface area contributed by atoms with Crippen LogP contribution >= 0.6 is 0 Å². The summed E-state index contributed by atoms with van der Waals surface area (Å²) in [5, 5.41) is 8.97. The summed E-state index contributed by atoms with van der Waals surface area (Å²) in [6, 6.07) is 0. The van der Waals surface area contributed by atoms with E-state index in [1.54, 1.807) is 0 Å². The first kappa shape index (κ1) is 15.5. The minimum Gasteiger partial charge on any atom is -0.481 e. The molecule has 0 heterocycles. The van der Waals surface area contributed by atoms with E-state index in [2.05, 4.69) is 0 Å². The molecule has 0 saturated heterocycles. The molecule has 0 amide bonds. The Bertz CT molecular complexity index is 386. The van der Waals surface area contributed by atoms with Gasteiger partial charge in [-0.15, -0.1) is 0 Å². The lowest BCUT2D eigenvalue weighted by molar-refractivity contribution is -0.144. The van der Waals surface area contributed by atoms with Crippen LogP contribution in [0.5, 0.6) is 0 Å². The van der Waals surface area contributed by atoms with Gasteiger partial charge in [0.2, 0.25) is 0 Å². The third kappa shape index (κ3) is 4.26. The molecule has 4 nitrogen and oxygen atoms in total. The molecular formula is C13H24O4S. The molecular weight excluding hydrogens is 252 g/mol. The number of carboxylic acids is 1. The van der Waals surface area contributed by atoms with Crippen molar-refractivity contribution in [3.63, 3.8) is 0 Å². The van der Waals surface area contributed by atoms with Crippen LogP contribution in [0.1, 0.15) is 46.0 Å². The van der Waals surface area contributed by atoms with Crippen molar-refractivity contribution in [3.05, 3.63) is 0 Å². The molecule has 1 rings (SSSR count). The minimum absolute atomic E-state index is 0.0124. The van der Waals surface area contributed by atoms with Crippen LogP contribution in [-0.4, -0.2) is 31.0 Å². The first-order chi connectivity index (χ1) is 8.21. The lowest BCUT2D eigenvalue weighted by atomic mass is 9.76. The Morgan fingerprint density at radius 1 is 1.33 bits per heavy atom. The van der Waals surface area contributed by atoms with E-state index in [1.165, 1.54) is 6.26 Å². The van der Waals surface area contributed by atoms with E-state index >= 15 is 0 Å². The van der Waals surface area contributed by atoms with E-state index < -0.39 is 21.7 Å². The van der Waals surface area contributed by atoms with Crippen LogP contribution in [0.2, 0.25) is 0 Å². The number of sulfone groups is 1. The van der Waals surface area contributed by atoms with Crippen molar-refractivity contribution >= 4 is 15.8 Å². The van der Waals surface area contributed by atoms with E-state index in [-0.39, 0.29) is 11.2 Å². The summed E-state index contributed by atoms with van der Waals surface area (Å²) in [6.45, 7) is 4.01. The van der Waals surface area contributed by atoms with Crippen molar-refractivity contribution in [2.45, 2.75) is 51.2 Å². The van der Waals surface area contributed by atoms with Crippen molar-refractivity contribution in [3.8, 4) is 0 Å². The maximum Gasteiger partial charge on any atom is 0.306 e. The second-order valence-electron chi connectivity index (χ2n) is 5.95. The summed E-state index contributed by atoms with van der Waals surface area (Å²) >= 11 is 0. The van der Waals surface area contributed by atoms with E-state index in [1.807, 2.05) is 13.8 Å². The van der Waals surface area contributed by atoms with Gasteiger partial charge in [-0.3, -0.25) is 4.79 Å². The maximum atomic E-state index is 11.6. The maximum absolute atomic E-state index is 11.6. The fraction of sp³-hybridized carbons (Fsp3) is 0.923. The van der Waals surface area contributed by atoms with E-state index in [4.69, 9.17) is 0 Å². The fourth-order valence-corrected chi connectivity index (χ4v) is 4.13. The number of hydrogen-bond acceptors (Lipinski definition) is 3. The molecule has 1 N–H and O–H groups in total. The number of carbonyl (C=O) groups is 1. The molecule has 0 bridgehead atoms. The molecule has 0 aromatic heterocycles. The Balaban J connectivity index is 2.77. The smallest absolute Gasteiger partial charge is 0.306 e. The molecule has 0 radical (unpaired) electrons. The van der Waals surface area contributed by atoms with Crippen LogP contribution < -0.4 is 0 Å². The van der Waals surface area contributed by atoms with Gasteiger partial charge in [-0.25, -0.2) is 8.42 Å². The van der Waals surface area contributed by atoms with Gasteiger partial charge in [-0.2, -0.15) is 0 Å². The van der Waals surface area contributed by atoms with Crippen LogP contribution in [0, 0.1) is 17.8 Å². The highest BCUT2D eigenvalue weighted by atomic mass is 32.2. The van der Waals surface area contributed by atoms with Crippen molar-refractivity contribution in [1.29, 1.82) is 0 Å². The lowest BCUT2D eigenvalue weighted by Gasteiger charge is -2.32. The van der Waals surface area contributed by atoms with E-state index in [9.17, 15) is 18.3 Å². The first-order valence-electron chi connectivity index (χ1n) is 6.63. The van der Waals surface area contributed by atoms with Gasteiger partial charge < -0.3 is 5.11 Å². The fourth-order valence-electron chi connectivity index (χ4n) is 2.94. The Morgan fingerprint density at radius 2 is 1.94 bits per heavy atom. The quantitative estimate of drug-likeness (QED) is 0.836. The molecule has 1 fully saturated rings. The molecule has 0 aliphatic heterocycles. The molecule has 1 aliphatic carbocycles. The predicted molar refractivity (Wildman–Crippen MR) is 71.2 cm³/mol. The van der Waals surface area contributed by atoms with Gasteiger partial charge in [-0.05, 0) is 37.5 Å². The average molecular weight is 276 g/mol. The summed E-state index contributed by atoms with van der Waals surface area (Å²) in [6.07, 6.45) is 4.76.